The molecule has 1 fully saturated rings. The number of anilines is 1. The Morgan fingerprint density at radius 3 is 2.61 bits per heavy atom. The van der Waals surface area contributed by atoms with Gasteiger partial charge in [-0.1, -0.05) is 36.6 Å². The lowest BCUT2D eigenvalue weighted by molar-refractivity contribution is 0.435. The van der Waals surface area contributed by atoms with Crippen LogP contribution in [0.5, 0.6) is 0 Å². The minimum atomic E-state index is 0.120. The molecule has 0 aliphatic heterocycles. The van der Waals surface area contributed by atoms with E-state index in [0.29, 0.717) is 5.11 Å². The van der Waals surface area contributed by atoms with E-state index in [0.717, 1.165) is 30.1 Å². The fourth-order valence-corrected chi connectivity index (χ4v) is 3.68. The second-order valence-corrected chi connectivity index (χ2v) is 6.89. The highest BCUT2D eigenvalue weighted by Gasteiger charge is 2.35. The molecule has 1 aliphatic carbocycles. The topological polar surface area (TPSA) is 37.0 Å². The van der Waals surface area contributed by atoms with Gasteiger partial charge in [-0.15, -0.1) is 0 Å². The van der Waals surface area contributed by atoms with E-state index in [-0.39, 0.29) is 5.41 Å². The van der Waals surface area contributed by atoms with Crippen molar-refractivity contribution in [3.05, 3.63) is 59.4 Å². The fraction of sp³-hybridized carbons (Fsp3) is 0.333. The minimum Gasteiger partial charge on any atom is -0.362 e. The van der Waals surface area contributed by atoms with E-state index in [1.807, 2.05) is 24.3 Å². The molecule has 0 atom stereocenters. The molecular weight excluding hydrogens is 326 g/mol. The number of nitrogens with one attached hydrogen (secondary N) is 2. The van der Waals surface area contributed by atoms with Gasteiger partial charge in [0, 0.05) is 35.1 Å². The Balaban J connectivity index is 1.67. The lowest BCUT2D eigenvalue weighted by Crippen LogP contribution is -2.40. The van der Waals surface area contributed by atoms with Gasteiger partial charge in [-0.3, -0.25) is 4.98 Å². The van der Waals surface area contributed by atoms with Crippen LogP contribution in [0.25, 0.3) is 0 Å². The molecule has 0 amide bonds. The third kappa shape index (κ3) is 4.01. The molecule has 1 aromatic carbocycles. The maximum Gasteiger partial charge on any atom is 0.170 e. The summed E-state index contributed by atoms with van der Waals surface area (Å²) < 4.78 is 0. The van der Waals surface area contributed by atoms with E-state index in [1.54, 1.807) is 12.4 Å². The third-order valence-corrected chi connectivity index (χ3v) is 5.00. The Morgan fingerprint density at radius 2 is 1.91 bits per heavy atom. The van der Waals surface area contributed by atoms with E-state index < -0.39 is 0 Å². The smallest absolute Gasteiger partial charge is 0.170 e. The molecule has 2 N–H and O–H groups in total. The summed E-state index contributed by atoms with van der Waals surface area (Å²) in [5, 5.41) is 8.03. The van der Waals surface area contributed by atoms with Crippen LogP contribution in [0.1, 0.15) is 31.2 Å². The standard InChI is InChI=1S/C18H20ClN3S/c19-15-5-3-4-14(12-15)18(8-1-2-9-18)13-21-17(23)22-16-6-10-20-11-7-16/h3-7,10-12H,1-2,8-9,13H2,(H2,20,21,22,23). The minimum absolute atomic E-state index is 0.120. The third-order valence-electron chi connectivity index (χ3n) is 4.52. The SMILES string of the molecule is S=C(NCC1(c2cccc(Cl)c2)CCCC1)Nc1ccncc1. The fourth-order valence-electron chi connectivity index (χ4n) is 3.30. The molecular formula is C18H20ClN3S. The van der Waals surface area contributed by atoms with Crippen molar-refractivity contribution in [1.82, 2.24) is 10.3 Å². The van der Waals surface area contributed by atoms with Crippen molar-refractivity contribution in [3.63, 3.8) is 0 Å². The summed E-state index contributed by atoms with van der Waals surface area (Å²) >= 11 is 11.6. The van der Waals surface area contributed by atoms with Crippen LogP contribution in [0.15, 0.2) is 48.8 Å². The van der Waals surface area contributed by atoms with Crippen LogP contribution < -0.4 is 10.6 Å². The van der Waals surface area contributed by atoms with Gasteiger partial charge >= 0.3 is 0 Å². The van der Waals surface area contributed by atoms with Gasteiger partial charge in [0.2, 0.25) is 0 Å². The number of nitrogens with zero attached hydrogens (tertiary/aromatic N) is 1. The molecule has 0 radical (unpaired) electrons. The van der Waals surface area contributed by atoms with Crippen molar-refractivity contribution in [2.24, 2.45) is 0 Å². The number of benzene rings is 1. The second-order valence-electron chi connectivity index (χ2n) is 6.04. The van der Waals surface area contributed by atoms with E-state index in [4.69, 9.17) is 23.8 Å². The summed E-state index contributed by atoms with van der Waals surface area (Å²) in [5.41, 5.74) is 2.37. The van der Waals surface area contributed by atoms with Gasteiger partial charge < -0.3 is 10.6 Å². The first kappa shape index (κ1) is 16.2. The largest absolute Gasteiger partial charge is 0.362 e. The van der Waals surface area contributed by atoms with Crippen LogP contribution >= 0.6 is 23.8 Å². The Kier molecular flexibility index (Phi) is 5.13. The molecule has 23 heavy (non-hydrogen) atoms. The monoisotopic (exact) mass is 345 g/mol. The predicted molar refractivity (Wildman–Crippen MR) is 100 cm³/mol. The molecule has 5 heteroatoms. The van der Waals surface area contributed by atoms with E-state index in [9.17, 15) is 0 Å². The second kappa shape index (κ2) is 7.28. The number of pyridine rings is 1. The molecule has 0 saturated heterocycles. The van der Waals surface area contributed by atoms with Gasteiger partial charge in [-0.2, -0.15) is 0 Å². The zero-order chi connectivity index (χ0) is 16.1. The van der Waals surface area contributed by atoms with Crippen LogP contribution in [0.4, 0.5) is 5.69 Å². The van der Waals surface area contributed by atoms with Crippen molar-refractivity contribution in [1.29, 1.82) is 0 Å². The van der Waals surface area contributed by atoms with Gasteiger partial charge in [0.1, 0.15) is 0 Å². The average molecular weight is 346 g/mol. The molecule has 0 unspecified atom stereocenters. The Hall–Kier alpha value is -1.65. The molecule has 3 nitrogen and oxygen atoms in total. The molecule has 0 spiro atoms. The van der Waals surface area contributed by atoms with Crippen LogP contribution in [0.2, 0.25) is 5.02 Å². The first-order chi connectivity index (χ1) is 11.2. The van der Waals surface area contributed by atoms with Crippen LogP contribution in [-0.2, 0) is 5.41 Å². The molecule has 120 valence electrons. The molecule has 1 aromatic heterocycles. The number of hydrogen-bond donors (Lipinski definition) is 2. The number of aromatic nitrogens is 1. The zero-order valence-electron chi connectivity index (χ0n) is 12.9. The van der Waals surface area contributed by atoms with Crippen molar-refractivity contribution < 1.29 is 0 Å². The normalized spacial score (nSPS) is 16.0. The first-order valence-electron chi connectivity index (χ1n) is 7.89. The Bertz CT molecular complexity index is 669. The summed E-state index contributed by atoms with van der Waals surface area (Å²) in [7, 11) is 0. The summed E-state index contributed by atoms with van der Waals surface area (Å²) in [6.07, 6.45) is 8.32. The lowest BCUT2D eigenvalue weighted by Gasteiger charge is -2.30. The number of thiocarbonyl (C=S) groups is 1. The van der Waals surface area contributed by atoms with E-state index in [1.165, 1.54) is 18.4 Å². The predicted octanol–water partition coefficient (Wildman–Crippen LogP) is 4.53. The maximum atomic E-state index is 6.19. The first-order valence-corrected chi connectivity index (χ1v) is 8.68. The van der Waals surface area contributed by atoms with Crippen molar-refractivity contribution in [2.75, 3.05) is 11.9 Å². The highest BCUT2D eigenvalue weighted by atomic mass is 35.5. The molecule has 1 saturated carbocycles. The van der Waals surface area contributed by atoms with Crippen molar-refractivity contribution in [3.8, 4) is 0 Å². The van der Waals surface area contributed by atoms with Gasteiger partial charge in [0.05, 0.1) is 0 Å². The van der Waals surface area contributed by atoms with E-state index in [2.05, 4.69) is 27.8 Å². The van der Waals surface area contributed by atoms with E-state index >= 15 is 0 Å². The van der Waals surface area contributed by atoms with Gasteiger partial charge in [0.25, 0.3) is 0 Å². The van der Waals surface area contributed by atoms with Crippen molar-refractivity contribution in [2.45, 2.75) is 31.1 Å². The number of halogens is 1. The Labute approximate surface area is 147 Å². The Morgan fingerprint density at radius 1 is 1.17 bits per heavy atom. The molecule has 2 aromatic rings. The lowest BCUT2D eigenvalue weighted by atomic mass is 9.79. The summed E-state index contributed by atoms with van der Waals surface area (Å²) in [6, 6.07) is 12.0. The van der Waals surface area contributed by atoms with Crippen LogP contribution in [0, 0.1) is 0 Å². The summed E-state index contributed by atoms with van der Waals surface area (Å²) in [6.45, 7) is 0.824. The highest BCUT2D eigenvalue weighted by molar-refractivity contribution is 7.80. The maximum absolute atomic E-state index is 6.19. The number of hydrogen-bond acceptors (Lipinski definition) is 2. The highest BCUT2D eigenvalue weighted by Crippen LogP contribution is 2.41. The van der Waals surface area contributed by atoms with Gasteiger partial charge in [-0.05, 0) is 54.9 Å². The molecule has 1 aliphatic rings. The van der Waals surface area contributed by atoms with Crippen LogP contribution in [-0.4, -0.2) is 16.6 Å². The summed E-state index contributed by atoms with van der Waals surface area (Å²) in [5.74, 6) is 0. The summed E-state index contributed by atoms with van der Waals surface area (Å²) in [4.78, 5) is 4.00. The quantitative estimate of drug-likeness (QED) is 0.798. The van der Waals surface area contributed by atoms with Gasteiger partial charge in [-0.25, -0.2) is 0 Å². The number of rotatable bonds is 4. The van der Waals surface area contributed by atoms with Crippen LogP contribution in [0.3, 0.4) is 0 Å². The average Bonchev–Trinajstić information content (AvgIpc) is 3.04. The van der Waals surface area contributed by atoms with Crippen molar-refractivity contribution >= 4 is 34.6 Å². The molecule has 1 heterocycles. The van der Waals surface area contributed by atoms with Gasteiger partial charge in [0.15, 0.2) is 5.11 Å². The molecule has 0 bridgehead atoms. The molecule has 3 rings (SSSR count). The zero-order valence-corrected chi connectivity index (χ0v) is 14.5.